The Morgan fingerprint density at radius 1 is 0.655 bits per heavy atom. The Morgan fingerprint density at radius 3 is 1.90 bits per heavy atom. The molecule has 4 aromatic carbocycles. The van der Waals surface area contributed by atoms with Crippen LogP contribution in [0.1, 0.15) is 23.2 Å². The number of hydrogen-bond donors (Lipinski definition) is 2. The quantitative estimate of drug-likeness (QED) is 0.497. The van der Waals surface area contributed by atoms with E-state index in [9.17, 15) is 8.42 Å². The van der Waals surface area contributed by atoms with Gasteiger partial charge < -0.3 is 5.73 Å². The van der Waals surface area contributed by atoms with Crippen LogP contribution in [0, 0.1) is 0 Å². The number of nitrogens with one attached hydrogen (secondary N) is 1. The molecular weight excluding hydrogens is 380 g/mol. The van der Waals surface area contributed by atoms with Gasteiger partial charge in [0.15, 0.2) is 0 Å². The van der Waals surface area contributed by atoms with Crippen molar-refractivity contribution in [1.82, 2.24) is 4.72 Å². The highest BCUT2D eigenvalue weighted by Gasteiger charge is 2.28. The predicted octanol–water partition coefficient (Wildman–Crippen LogP) is 4.56. The molecule has 0 radical (unpaired) electrons. The first-order chi connectivity index (χ1) is 14.1. The molecule has 2 atom stereocenters. The number of fused-ring (bicyclic) bond motifs is 1. The fraction of sp³-hybridized carbons (Fsp3) is 0.0833. The van der Waals surface area contributed by atoms with Crippen LogP contribution in [0.5, 0.6) is 0 Å². The van der Waals surface area contributed by atoms with Gasteiger partial charge in [-0.25, -0.2) is 13.1 Å². The van der Waals surface area contributed by atoms with Gasteiger partial charge in [0, 0.05) is 5.39 Å². The van der Waals surface area contributed by atoms with Crippen LogP contribution in [0.15, 0.2) is 108 Å². The molecule has 3 N–H and O–H groups in total. The molecule has 4 aromatic rings. The van der Waals surface area contributed by atoms with E-state index >= 15 is 0 Å². The average Bonchev–Trinajstić information content (AvgIpc) is 2.78. The Balaban J connectivity index is 1.77. The van der Waals surface area contributed by atoms with Gasteiger partial charge >= 0.3 is 0 Å². The van der Waals surface area contributed by atoms with Gasteiger partial charge in [0.25, 0.3) is 0 Å². The van der Waals surface area contributed by atoms with Crippen LogP contribution >= 0.6 is 0 Å². The molecule has 0 bridgehead atoms. The van der Waals surface area contributed by atoms with Crippen molar-refractivity contribution < 1.29 is 8.42 Å². The Labute approximate surface area is 171 Å². The summed E-state index contributed by atoms with van der Waals surface area (Å²) in [5, 5.41) is 1.56. The Hall–Kier alpha value is -2.99. The van der Waals surface area contributed by atoms with E-state index in [0.29, 0.717) is 5.39 Å². The second-order valence-electron chi connectivity index (χ2n) is 6.92. The summed E-state index contributed by atoms with van der Waals surface area (Å²) >= 11 is 0. The first-order valence-corrected chi connectivity index (χ1v) is 10.9. The third-order valence-corrected chi connectivity index (χ3v) is 6.52. The van der Waals surface area contributed by atoms with Gasteiger partial charge in [0.1, 0.15) is 0 Å². The van der Waals surface area contributed by atoms with Crippen LogP contribution in [0.25, 0.3) is 10.8 Å². The lowest BCUT2D eigenvalue weighted by Gasteiger charge is -2.26. The summed E-state index contributed by atoms with van der Waals surface area (Å²) in [6.45, 7) is 0. The largest absolute Gasteiger partial charge is 0.322 e. The van der Waals surface area contributed by atoms with Gasteiger partial charge in [-0.05, 0) is 22.6 Å². The lowest BCUT2D eigenvalue weighted by molar-refractivity contribution is 0.504. The summed E-state index contributed by atoms with van der Waals surface area (Å²) in [7, 11) is -3.82. The van der Waals surface area contributed by atoms with E-state index in [1.165, 1.54) is 0 Å². The minimum atomic E-state index is -3.82. The third kappa shape index (κ3) is 4.07. The van der Waals surface area contributed by atoms with Crippen LogP contribution in [-0.4, -0.2) is 8.42 Å². The zero-order chi connectivity index (χ0) is 20.3. The van der Waals surface area contributed by atoms with Crippen molar-refractivity contribution in [3.05, 3.63) is 114 Å². The zero-order valence-corrected chi connectivity index (χ0v) is 16.6. The summed E-state index contributed by atoms with van der Waals surface area (Å²) < 4.78 is 29.7. The van der Waals surface area contributed by atoms with Gasteiger partial charge in [-0.3, -0.25) is 0 Å². The maximum atomic E-state index is 13.4. The maximum Gasteiger partial charge on any atom is 0.241 e. The monoisotopic (exact) mass is 402 g/mol. The van der Waals surface area contributed by atoms with Gasteiger partial charge in [0.2, 0.25) is 10.0 Å². The van der Waals surface area contributed by atoms with Crippen molar-refractivity contribution in [2.45, 2.75) is 17.0 Å². The number of sulfonamides is 1. The molecule has 0 amide bonds. The molecule has 0 saturated heterocycles. The highest BCUT2D eigenvalue weighted by Crippen LogP contribution is 2.30. The summed E-state index contributed by atoms with van der Waals surface area (Å²) in [4.78, 5) is 0.247. The van der Waals surface area contributed by atoms with Gasteiger partial charge in [-0.2, -0.15) is 0 Å². The molecule has 4 nitrogen and oxygen atoms in total. The minimum absolute atomic E-state index is 0.247. The smallest absolute Gasteiger partial charge is 0.241 e. The lowest BCUT2D eigenvalue weighted by atomic mass is 9.95. The molecule has 0 unspecified atom stereocenters. The van der Waals surface area contributed by atoms with Crippen molar-refractivity contribution in [2.75, 3.05) is 0 Å². The summed E-state index contributed by atoms with van der Waals surface area (Å²) in [5.41, 5.74) is 8.22. The normalized spacial score (nSPS) is 13.8. The van der Waals surface area contributed by atoms with E-state index < -0.39 is 22.1 Å². The van der Waals surface area contributed by atoms with E-state index in [-0.39, 0.29) is 4.90 Å². The van der Waals surface area contributed by atoms with Crippen molar-refractivity contribution in [1.29, 1.82) is 0 Å². The molecule has 0 spiro atoms. The Bertz CT molecular complexity index is 1200. The van der Waals surface area contributed by atoms with Crippen molar-refractivity contribution in [2.24, 2.45) is 5.73 Å². The van der Waals surface area contributed by atoms with Crippen LogP contribution in [0.2, 0.25) is 0 Å². The second kappa shape index (κ2) is 8.17. The molecule has 0 aliphatic rings. The molecule has 146 valence electrons. The molecule has 0 aliphatic carbocycles. The van der Waals surface area contributed by atoms with Gasteiger partial charge in [-0.15, -0.1) is 0 Å². The summed E-state index contributed by atoms with van der Waals surface area (Å²) in [5.74, 6) is 0. The number of nitrogens with two attached hydrogens (primary N) is 1. The number of hydrogen-bond acceptors (Lipinski definition) is 3. The summed E-state index contributed by atoms with van der Waals surface area (Å²) in [6.07, 6.45) is 0. The molecule has 4 rings (SSSR count). The molecule has 0 fully saturated rings. The topological polar surface area (TPSA) is 72.2 Å². The molecule has 0 heterocycles. The zero-order valence-electron chi connectivity index (χ0n) is 15.8. The number of benzene rings is 4. The molecule has 0 saturated carbocycles. The first kappa shape index (κ1) is 19.3. The highest BCUT2D eigenvalue weighted by atomic mass is 32.2. The van der Waals surface area contributed by atoms with E-state index in [2.05, 4.69) is 4.72 Å². The van der Waals surface area contributed by atoms with E-state index in [1.54, 1.807) is 12.1 Å². The van der Waals surface area contributed by atoms with Crippen molar-refractivity contribution in [3.63, 3.8) is 0 Å². The van der Waals surface area contributed by atoms with E-state index in [0.717, 1.165) is 16.5 Å². The summed E-state index contributed by atoms with van der Waals surface area (Å²) in [6, 6.07) is 30.6. The Morgan fingerprint density at radius 2 is 1.21 bits per heavy atom. The lowest BCUT2D eigenvalue weighted by Crippen LogP contribution is -2.36. The maximum absolute atomic E-state index is 13.4. The highest BCUT2D eigenvalue weighted by molar-refractivity contribution is 7.89. The predicted molar refractivity (Wildman–Crippen MR) is 117 cm³/mol. The van der Waals surface area contributed by atoms with Gasteiger partial charge in [0.05, 0.1) is 17.0 Å². The van der Waals surface area contributed by atoms with Crippen molar-refractivity contribution >= 4 is 20.8 Å². The van der Waals surface area contributed by atoms with Crippen LogP contribution in [0.4, 0.5) is 0 Å². The molecule has 0 aliphatic heterocycles. The molecule has 5 heteroatoms. The fourth-order valence-electron chi connectivity index (χ4n) is 3.54. The average molecular weight is 403 g/mol. The Kier molecular flexibility index (Phi) is 5.45. The van der Waals surface area contributed by atoms with Crippen LogP contribution < -0.4 is 10.5 Å². The standard InChI is InChI=1S/C24H22N2O2S/c25-23(19-11-3-1-4-12-19)24(20-13-5-2-6-14-20)26-29(27,28)22-17-9-15-18-10-7-8-16-21(18)22/h1-17,23-24,26H,25H2/t23-,24-/m1/s1. The van der Waals surface area contributed by atoms with E-state index in [4.69, 9.17) is 5.73 Å². The van der Waals surface area contributed by atoms with Crippen molar-refractivity contribution in [3.8, 4) is 0 Å². The molecule has 29 heavy (non-hydrogen) atoms. The van der Waals surface area contributed by atoms with Crippen LogP contribution in [0.3, 0.4) is 0 Å². The number of rotatable bonds is 6. The van der Waals surface area contributed by atoms with Crippen LogP contribution in [-0.2, 0) is 10.0 Å². The SMILES string of the molecule is N[C@H](c1ccccc1)[C@H](NS(=O)(=O)c1cccc2ccccc12)c1ccccc1. The molecular formula is C24H22N2O2S. The fourth-order valence-corrected chi connectivity index (χ4v) is 5.01. The molecule has 0 aromatic heterocycles. The second-order valence-corrected chi connectivity index (χ2v) is 8.61. The van der Waals surface area contributed by atoms with Gasteiger partial charge in [-0.1, -0.05) is 97.1 Å². The third-order valence-electron chi connectivity index (χ3n) is 5.02. The minimum Gasteiger partial charge on any atom is -0.322 e. The van der Waals surface area contributed by atoms with E-state index in [1.807, 2.05) is 91.0 Å². The first-order valence-electron chi connectivity index (χ1n) is 9.42.